The van der Waals surface area contributed by atoms with Crippen LogP contribution in [0.3, 0.4) is 0 Å². The number of ether oxygens (including phenoxy) is 2. The van der Waals surface area contributed by atoms with Crippen LogP contribution in [0.1, 0.15) is 30.9 Å². The Morgan fingerprint density at radius 3 is 2.16 bits per heavy atom. The zero-order chi connectivity index (χ0) is 61.4. The summed E-state index contributed by atoms with van der Waals surface area (Å²) in [5.41, 5.74) is 21.2. The van der Waals surface area contributed by atoms with Gasteiger partial charge in [-0.3, -0.25) is 34.0 Å². The van der Waals surface area contributed by atoms with Crippen LogP contribution in [-0.4, -0.2) is 211 Å². The van der Waals surface area contributed by atoms with Crippen molar-refractivity contribution < 1.29 is 78.4 Å². The number of guanidine groups is 2. The first-order valence-corrected chi connectivity index (χ1v) is 27.1. The molecule has 0 aliphatic carbocycles. The van der Waals surface area contributed by atoms with Gasteiger partial charge in [0, 0.05) is 17.2 Å². The number of carbonyl (C=O) groups excluding carboxylic acids is 6. The van der Waals surface area contributed by atoms with Crippen LogP contribution in [0.5, 0.6) is 11.5 Å². The molecule has 1 saturated heterocycles. The minimum Gasteiger partial charge on any atom is -0.457 e. The molecule has 3 aliphatic rings. The average Bonchev–Trinajstić information content (AvgIpc) is 2.15. The number of hydrogen-bond acceptors (Lipinski definition) is 24. The van der Waals surface area contributed by atoms with E-state index in [1.54, 1.807) is 73.7 Å². The van der Waals surface area contributed by atoms with Gasteiger partial charge in [0.2, 0.25) is 35.4 Å². The number of fused-ring (bicyclic) bond motifs is 1. The van der Waals surface area contributed by atoms with Gasteiger partial charge in [-0.2, -0.15) is 0 Å². The quantitative estimate of drug-likeness (QED) is 0.0262. The lowest BCUT2D eigenvalue weighted by atomic mass is 9.92. The number of rotatable bonds is 24. The molecule has 29 heteroatoms. The van der Waals surface area contributed by atoms with Crippen LogP contribution in [0.2, 0.25) is 0 Å². The smallest absolute Gasteiger partial charge is 0.247 e. The summed E-state index contributed by atoms with van der Waals surface area (Å²) in [6, 6.07) is 16.7. The predicted molar refractivity (Wildman–Crippen MR) is 304 cm³/mol. The summed E-state index contributed by atoms with van der Waals surface area (Å²) in [5.74, 6) is -5.45. The first-order valence-electron chi connectivity index (χ1n) is 27.1. The summed E-state index contributed by atoms with van der Waals surface area (Å²) < 4.78 is 17.9. The number of carbonyl (C=O) groups is 6. The Balaban J connectivity index is 1.01. The fourth-order valence-electron chi connectivity index (χ4n) is 9.98. The lowest BCUT2D eigenvalue weighted by Gasteiger charge is -2.46. The number of oxazole rings is 1. The molecule has 5 aromatic rings. The number of nitrogens with zero attached hydrogens (tertiary/aromatic N) is 5. The summed E-state index contributed by atoms with van der Waals surface area (Å²) in [4.78, 5) is 98.6. The van der Waals surface area contributed by atoms with Crippen molar-refractivity contribution in [3.8, 4) is 23.0 Å². The number of aryl methyl sites for hydroxylation is 1. The molecule has 29 nitrogen and oxygen atoms in total. The molecule has 0 spiro atoms. The van der Waals surface area contributed by atoms with E-state index in [-0.39, 0.29) is 18.2 Å². The van der Waals surface area contributed by atoms with Gasteiger partial charge in [0.25, 0.3) is 0 Å². The van der Waals surface area contributed by atoms with Crippen molar-refractivity contribution in [3.63, 3.8) is 0 Å². The molecule has 85 heavy (non-hydrogen) atoms. The van der Waals surface area contributed by atoms with Gasteiger partial charge < -0.3 is 108 Å². The number of aliphatic hydroxyl groups is 7. The summed E-state index contributed by atoms with van der Waals surface area (Å²) in [6.07, 6.45) is -12.5. The number of benzene rings is 4. The maximum atomic E-state index is 14.6. The Morgan fingerprint density at radius 1 is 0.812 bits per heavy atom. The van der Waals surface area contributed by atoms with Crippen LogP contribution in [0.15, 0.2) is 111 Å². The number of aromatic nitrogens is 1. The molecule has 5 amide bonds. The summed E-state index contributed by atoms with van der Waals surface area (Å²) >= 11 is 0. The molecule has 3 aliphatic heterocycles. The highest BCUT2D eigenvalue weighted by atomic mass is 16.6. The fourth-order valence-corrected chi connectivity index (χ4v) is 9.98. The maximum Gasteiger partial charge on any atom is 0.247 e. The molecule has 0 saturated carbocycles. The van der Waals surface area contributed by atoms with E-state index in [0.717, 1.165) is 10.5 Å². The van der Waals surface area contributed by atoms with Crippen LogP contribution < -0.4 is 53.4 Å². The number of amides is 5. The van der Waals surface area contributed by atoms with Crippen molar-refractivity contribution >= 4 is 64.5 Å². The van der Waals surface area contributed by atoms with E-state index in [9.17, 15) is 64.5 Å². The SMILES string of the molecule is Cc1ccc(Oc2cccc(-c3nc4cc(C(C)[C@@H](C=O)N(C(=O)CNC(=O)[C@H](CO)NC(=O)[C@@H](NC(=O)[C@@H](NC(=O)[C@H](C)N)C(O)C5CN=C(N)N5)C(O)C5CN=C(N)N5C5OC(CO)C(O)C(O)C5O)c5ccccc5)ccc4o3)c2)cc1. The van der Waals surface area contributed by atoms with Crippen molar-refractivity contribution in [2.75, 3.05) is 37.7 Å². The molecular weight excluding hydrogens is 1110 g/mol. The lowest BCUT2D eigenvalue weighted by molar-refractivity contribution is -0.260. The largest absolute Gasteiger partial charge is 0.457 e. The minimum absolute atomic E-state index is 0.109. The van der Waals surface area contributed by atoms with Gasteiger partial charge in [-0.1, -0.05) is 55.0 Å². The third-order valence-electron chi connectivity index (χ3n) is 14.8. The first kappa shape index (κ1) is 62.4. The van der Waals surface area contributed by atoms with Crippen molar-refractivity contribution in [2.45, 2.75) is 112 Å². The molecule has 1 fully saturated rings. The topological polar surface area (TPSA) is 458 Å². The highest BCUT2D eigenvalue weighted by Gasteiger charge is 2.52. The van der Waals surface area contributed by atoms with E-state index >= 15 is 0 Å². The second kappa shape index (κ2) is 27.4. The van der Waals surface area contributed by atoms with Gasteiger partial charge in [-0.05, 0) is 74.0 Å². The Kier molecular flexibility index (Phi) is 20.1. The van der Waals surface area contributed by atoms with Crippen LogP contribution in [0.4, 0.5) is 5.69 Å². The van der Waals surface area contributed by atoms with Gasteiger partial charge in [0.15, 0.2) is 23.7 Å². The summed E-state index contributed by atoms with van der Waals surface area (Å²) in [6.45, 7) is 1.44. The predicted octanol–water partition coefficient (Wildman–Crippen LogP) is -3.98. The molecule has 454 valence electrons. The van der Waals surface area contributed by atoms with E-state index < -0.39 is 153 Å². The van der Waals surface area contributed by atoms with Crippen LogP contribution >= 0.6 is 0 Å². The highest BCUT2D eigenvalue weighted by Crippen LogP contribution is 2.34. The lowest BCUT2D eigenvalue weighted by Crippen LogP contribution is -2.70. The second-order valence-corrected chi connectivity index (χ2v) is 20.8. The van der Waals surface area contributed by atoms with E-state index in [1.165, 1.54) is 11.8 Å². The number of aldehydes is 1. The molecule has 4 aromatic carbocycles. The van der Waals surface area contributed by atoms with Crippen LogP contribution in [-0.2, 0) is 33.5 Å². The highest BCUT2D eigenvalue weighted by molar-refractivity contribution is 6.01. The summed E-state index contributed by atoms with van der Waals surface area (Å²) in [5, 5.41) is 88.3. The van der Waals surface area contributed by atoms with Crippen LogP contribution in [0, 0.1) is 6.92 Å². The van der Waals surface area contributed by atoms with Crippen molar-refractivity contribution in [1.29, 1.82) is 0 Å². The molecule has 15 atom stereocenters. The molecular formula is C56H69N13O16. The number of nitrogens with two attached hydrogens (primary N) is 3. The van der Waals surface area contributed by atoms with E-state index in [1.807, 2.05) is 37.3 Å². The van der Waals surface area contributed by atoms with E-state index in [4.69, 9.17) is 36.1 Å². The monoisotopic (exact) mass is 1180 g/mol. The number of aliphatic hydroxyl groups excluding tert-OH is 7. The Hall–Kier alpha value is -8.65. The normalized spacial score (nSPS) is 23.1. The molecule has 0 radical (unpaired) electrons. The number of para-hydroxylation sites is 1. The molecule has 4 heterocycles. The Bertz CT molecular complexity index is 3260. The maximum absolute atomic E-state index is 14.6. The molecule has 1 aromatic heterocycles. The van der Waals surface area contributed by atoms with Gasteiger partial charge in [-0.15, -0.1) is 0 Å². The summed E-state index contributed by atoms with van der Waals surface area (Å²) in [7, 11) is 0. The van der Waals surface area contributed by atoms with Gasteiger partial charge >= 0.3 is 0 Å². The Morgan fingerprint density at radius 2 is 1.51 bits per heavy atom. The van der Waals surface area contributed by atoms with Crippen LogP contribution in [0.25, 0.3) is 22.6 Å². The zero-order valence-corrected chi connectivity index (χ0v) is 46.3. The number of anilines is 1. The zero-order valence-electron chi connectivity index (χ0n) is 46.3. The standard InChI is InChI=1S/C56H69N13O16/c1-26-12-15-32(16-13-26)83-33-11-7-8-30(18-33)53-64-34-19-29(14-17-39(34)84-53)27(2)38(24-71)68(31-9-5-4-6-10-31)41(73)22-60-50(80)36(23-70)63-51(81)43(67-52(82)42(66-49(79)28(3)57)44(74)35-20-61-55(58)65-35)45(75)37-21-62-56(59)69(37)54-48(78)47(77)46(76)40(25-72)85-54/h4-19,24,27-28,35-38,40,42-48,54,70,72,74-78H,20-23,25,57H2,1-3H3,(H2,59,62)(H,60,80)(H,63,81)(H,66,79)(H,67,82)(H3,58,61,65)/t27?,28-,35?,36-,37?,38+,40?,42-,43-,44?,45?,46?,47?,48?,54?/m0/s1. The van der Waals surface area contributed by atoms with Gasteiger partial charge in [-0.25, -0.2) is 4.98 Å². The third kappa shape index (κ3) is 14.1. The second-order valence-electron chi connectivity index (χ2n) is 20.8. The molecule has 0 bridgehead atoms. The van der Waals surface area contributed by atoms with Crippen molar-refractivity contribution in [1.82, 2.24) is 36.5 Å². The number of nitrogens with one attached hydrogen (secondary N) is 5. The number of aliphatic imine (C=N–C) groups is 2. The fraction of sp³-hybridized carbons (Fsp3) is 0.411. The minimum atomic E-state index is -2.27. The number of hydrogen-bond donors (Lipinski definition) is 15. The van der Waals surface area contributed by atoms with E-state index in [2.05, 4.69) is 36.6 Å². The molecule has 8 rings (SSSR count). The van der Waals surface area contributed by atoms with Crippen molar-refractivity contribution in [2.24, 2.45) is 27.2 Å². The molecule has 10 unspecified atom stereocenters. The first-order chi connectivity index (χ1) is 40.6. The van der Waals surface area contributed by atoms with Crippen molar-refractivity contribution in [3.05, 3.63) is 108 Å². The average molecular weight is 1180 g/mol. The van der Waals surface area contributed by atoms with Gasteiger partial charge in [0.1, 0.15) is 78.1 Å². The molecule has 18 N–H and O–H groups in total. The third-order valence-corrected chi connectivity index (χ3v) is 14.8. The van der Waals surface area contributed by atoms with E-state index in [0.29, 0.717) is 45.9 Å². The Labute approximate surface area is 485 Å². The van der Waals surface area contributed by atoms with Gasteiger partial charge in [0.05, 0.1) is 57.0 Å².